The molecule has 2 atom stereocenters. The van der Waals surface area contributed by atoms with E-state index in [0.29, 0.717) is 31.7 Å². The third-order valence-corrected chi connectivity index (χ3v) is 9.97. The Labute approximate surface area is 242 Å². The number of carbonyl (C=O) groups is 3. The van der Waals surface area contributed by atoms with Gasteiger partial charge in [-0.1, -0.05) is 30.3 Å². The van der Waals surface area contributed by atoms with Crippen molar-refractivity contribution in [1.82, 2.24) is 15.1 Å². The number of hydrogen-bond acceptors (Lipinski definition) is 6. The maximum absolute atomic E-state index is 12.9. The van der Waals surface area contributed by atoms with Crippen LogP contribution < -0.4 is 10.1 Å². The van der Waals surface area contributed by atoms with Crippen molar-refractivity contribution in [3.05, 3.63) is 65.2 Å². The normalized spacial score (nSPS) is 26.7. The molecule has 41 heavy (non-hydrogen) atoms. The Balaban J connectivity index is 0.939. The molecule has 0 spiro atoms. The minimum Gasteiger partial charge on any atom is -0.489 e. The number of amides is 2. The molecule has 2 aromatic rings. The number of hydrogen-bond donors (Lipinski definition) is 1. The van der Waals surface area contributed by atoms with E-state index < -0.39 is 0 Å². The number of nitrogens with zero attached hydrogens (tertiary/aromatic N) is 2. The summed E-state index contributed by atoms with van der Waals surface area (Å²) in [5.41, 5.74) is 2.80. The van der Waals surface area contributed by atoms with Gasteiger partial charge in [-0.3, -0.25) is 14.5 Å². The fourth-order valence-electron chi connectivity index (χ4n) is 8.11. The molecule has 218 valence electrons. The summed E-state index contributed by atoms with van der Waals surface area (Å²) in [7, 11) is 1.37. The predicted molar refractivity (Wildman–Crippen MR) is 154 cm³/mol. The lowest BCUT2D eigenvalue weighted by Gasteiger charge is -2.35. The summed E-state index contributed by atoms with van der Waals surface area (Å²) >= 11 is 0. The molecule has 0 aromatic heterocycles. The molecule has 2 aromatic carbocycles. The van der Waals surface area contributed by atoms with Gasteiger partial charge in [0.15, 0.2) is 0 Å². The molecule has 8 nitrogen and oxygen atoms in total. The van der Waals surface area contributed by atoms with Crippen LogP contribution in [-0.2, 0) is 27.5 Å². The van der Waals surface area contributed by atoms with Gasteiger partial charge in [0.1, 0.15) is 12.4 Å². The summed E-state index contributed by atoms with van der Waals surface area (Å²) in [6.45, 7) is 4.09. The van der Waals surface area contributed by atoms with E-state index in [1.807, 2.05) is 35.2 Å². The van der Waals surface area contributed by atoms with Gasteiger partial charge in [0.25, 0.3) is 0 Å². The summed E-state index contributed by atoms with van der Waals surface area (Å²) in [6.07, 6.45) is 7.04. The van der Waals surface area contributed by atoms with Gasteiger partial charge in [0.2, 0.25) is 11.8 Å². The number of esters is 1. The van der Waals surface area contributed by atoms with Crippen LogP contribution in [0, 0.1) is 23.2 Å². The zero-order valence-electron chi connectivity index (χ0n) is 24.0. The number of piperazine rings is 1. The van der Waals surface area contributed by atoms with E-state index in [4.69, 9.17) is 9.47 Å². The van der Waals surface area contributed by atoms with E-state index >= 15 is 0 Å². The first-order valence-electron chi connectivity index (χ1n) is 15.1. The smallest absolute Gasteiger partial charge is 0.337 e. The molecular weight excluding hydrogens is 518 g/mol. The third kappa shape index (κ3) is 6.13. The van der Waals surface area contributed by atoms with E-state index in [0.717, 1.165) is 54.3 Å². The maximum Gasteiger partial charge on any atom is 0.337 e. The summed E-state index contributed by atoms with van der Waals surface area (Å²) in [5.74, 6) is 2.94. The van der Waals surface area contributed by atoms with Crippen molar-refractivity contribution in [2.75, 3.05) is 39.8 Å². The van der Waals surface area contributed by atoms with Crippen molar-refractivity contribution in [2.24, 2.45) is 23.2 Å². The van der Waals surface area contributed by atoms with Gasteiger partial charge in [-0.05, 0) is 79.0 Å². The fraction of sp³-hybridized carbons (Fsp3) is 0.545. The number of carbonyl (C=O) groups excluding carboxylic acids is 3. The molecular formula is C33H41N3O5. The second-order valence-corrected chi connectivity index (χ2v) is 12.6. The van der Waals surface area contributed by atoms with Crippen molar-refractivity contribution in [1.29, 1.82) is 0 Å². The first-order chi connectivity index (χ1) is 19.9. The molecule has 1 heterocycles. The van der Waals surface area contributed by atoms with Crippen LogP contribution in [0.3, 0.4) is 0 Å². The number of methoxy groups -OCH3 is 1. The standard InChI is InChI=1S/C33H41N3O5/c1-40-32(39)26-8-6-23(7-9-26)22-41-29-5-3-2-4-27(29)21-35-10-12-36(13-11-35)31(38)20-34-30(37)19-33-17-24-14-25(18-33)16-28(33)15-24/h2-9,24-25,28H,10-22H2,1H3,(H,34,37). The van der Waals surface area contributed by atoms with Crippen LogP contribution >= 0.6 is 0 Å². The van der Waals surface area contributed by atoms with Crippen molar-refractivity contribution in [3.63, 3.8) is 0 Å². The Hall–Kier alpha value is -3.39. The predicted octanol–water partition coefficient (Wildman–Crippen LogP) is 4.03. The summed E-state index contributed by atoms with van der Waals surface area (Å²) in [5, 5.41) is 2.96. The van der Waals surface area contributed by atoms with E-state index in [2.05, 4.69) is 16.3 Å². The van der Waals surface area contributed by atoms with Gasteiger partial charge >= 0.3 is 5.97 Å². The maximum atomic E-state index is 12.9. The van der Waals surface area contributed by atoms with Crippen LogP contribution in [0.2, 0.25) is 0 Å². The van der Waals surface area contributed by atoms with E-state index in [9.17, 15) is 14.4 Å². The minimum absolute atomic E-state index is 0.00897. The zero-order chi connectivity index (χ0) is 28.4. The first-order valence-corrected chi connectivity index (χ1v) is 15.1. The largest absolute Gasteiger partial charge is 0.489 e. The highest BCUT2D eigenvalue weighted by Gasteiger charge is 2.57. The molecule has 2 amide bonds. The molecule has 5 fully saturated rings. The number of ether oxygens (including phenoxy) is 2. The van der Waals surface area contributed by atoms with Gasteiger partial charge in [-0.15, -0.1) is 0 Å². The topological polar surface area (TPSA) is 88.2 Å². The molecule has 7 rings (SSSR count). The number of para-hydroxylation sites is 1. The lowest BCUT2D eigenvalue weighted by atomic mass is 9.73. The minimum atomic E-state index is -0.355. The van der Waals surface area contributed by atoms with Gasteiger partial charge in [0, 0.05) is 44.7 Å². The number of rotatable bonds is 10. The monoisotopic (exact) mass is 559 g/mol. The Morgan fingerprint density at radius 3 is 2.34 bits per heavy atom. The number of benzene rings is 2. The lowest BCUT2D eigenvalue weighted by Crippen LogP contribution is -2.51. The lowest BCUT2D eigenvalue weighted by molar-refractivity contribution is -0.135. The van der Waals surface area contributed by atoms with Crippen LogP contribution in [0.5, 0.6) is 5.75 Å². The second-order valence-electron chi connectivity index (χ2n) is 12.6. The highest BCUT2D eigenvalue weighted by atomic mass is 16.5. The van der Waals surface area contributed by atoms with Crippen LogP contribution in [-0.4, -0.2) is 67.4 Å². The van der Waals surface area contributed by atoms with Crippen molar-refractivity contribution in [3.8, 4) is 5.75 Å². The zero-order valence-corrected chi connectivity index (χ0v) is 24.0. The molecule has 0 radical (unpaired) electrons. The highest BCUT2D eigenvalue weighted by molar-refractivity contribution is 5.89. The number of nitrogens with one attached hydrogen (secondary N) is 1. The van der Waals surface area contributed by atoms with Crippen molar-refractivity contribution < 1.29 is 23.9 Å². The summed E-state index contributed by atoms with van der Waals surface area (Å²) < 4.78 is 10.9. The van der Waals surface area contributed by atoms with Gasteiger partial charge in [-0.25, -0.2) is 4.79 Å². The Bertz CT molecular complexity index is 1260. The molecule has 1 saturated heterocycles. The molecule has 1 aliphatic heterocycles. The Morgan fingerprint density at radius 1 is 0.927 bits per heavy atom. The quantitative estimate of drug-likeness (QED) is 0.443. The van der Waals surface area contributed by atoms with Crippen LogP contribution in [0.4, 0.5) is 0 Å². The van der Waals surface area contributed by atoms with Gasteiger partial charge < -0.3 is 19.7 Å². The van der Waals surface area contributed by atoms with Crippen LogP contribution in [0.25, 0.3) is 0 Å². The molecule has 4 bridgehead atoms. The van der Waals surface area contributed by atoms with E-state index in [1.165, 1.54) is 39.2 Å². The van der Waals surface area contributed by atoms with Gasteiger partial charge in [-0.2, -0.15) is 0 Å². The molecule has 8 heteroatoms. The molecule has 2 unspecified atom stereocenters. The van der Waals surface area contributed by atoms with E-state index in [-0.39, 0.29) is 29.7 Å². The van der Waals surface area contributed by atoms with Crippen molar-refractivity contribution >= 4 is 17.8 Å². The molecule has 4 saturated carbocycles. The SMILES string of the molecule is COC(=O)c1ccc(COc2ccccc2CN2CCN(C(=O)CNC(=O)CC34CC5CC(CC3C5)C4)CC2)cc1. The average molecular weight is 560 g/mol. The Morgan fingerprint density at radius 2 is 1.63 bits per heavy atom. The fourth-order valence-corrected chi connectivity index (χ4v) is 8.11. The molecule has 1 N–H and O–H groups in total. The van der Waals surface area contributed by atoms with Crippen LogP contribution in [0.1, 0.15) is 60.0 Å². The van der Waals surface area contributed by atoms with Gasteiger partial charge in [0.05, 0.1) is 19.2 Å². The summed E-state index contributed by atoms with van der Waals surface area (Å²) in [4.78, 5) is 41.6. The van der Waals surface area contributed by atoms with Crippen LogP contribution in [0.15, 0.2) is 48.5 Å². The average Bonchev–Trinajstić information content (AvgIpc) is 3.37. The van der Waals surface area contributed by atoms with E-state index in [1.54, 1.807) is 12.1 Å². The Kier molecular flexibility index (Phi) is 8.02. The molecule has 5 aliphatic rings. The molecule has 4 aliphatic carbocycles. The summed E-state index contributed by atoms with van der Waals surface area (Å²) in [6, 6.07) is 15.2. The van der Waals surface area contributed by atoms with Crippen molar-refractivity contribution in [2.45, 2.75) is 51.7 Å². The highest BCUT2D eigenvalue weighted by Crippen LogP contribution is 2.66. The second kappa shape index (κ2) is 11.8. The third-order valence-electron chi connectivity index (χ3n) is 9.97. The first kappa shape index (κ1) is 27.8.